The second-order valence-corrected chi connectivity index (χ2v) is 6.64. The Morgan fingerprint density at radius 2 is 2.19 bits per heavy atom. The Bertz CT molecular complexity index is 493. The smallest absolute Gasteiger partial charge is 0.325 e. The number of aromatic nitrogens is 2. The minimum atomic E-state index is -0.645. The predicted molar refractivity (Wildman–Crippen MR) is 82.2 cm³/mol. The number of rotatable bonds is 7. The molecule has 1 N–H and O–H groups in total. The van der Waals surface area contributed by atoms with Gasteiger partial charge in [0.25, 0.3) is 0 Å². The van der Waals surface area contributed by atoms with E-state index in [1.807, 2.05) is 19.3 Å². The molecule has 1 aliphatic carbocycles. The SMILES string of the molecule is COC(=O)C(C)(CC(C)n1ccnc1C(C)C)NC1CC1. The first-order chi connectivity index (χ1) is 9.87. The van der Waals surface area contributed by atoms with Crippen LogP contribution in [0.25, 0.3) is 0 Å². The maximum absolute atomic E-state index is 12.2. The number of imidazole rings is 1. The molecule has 0 bridgehead atoms. The number of hydrogen-bond acceptors (Lipinski definition) is 4. The minimum absolute atomic E-state index is 0.181. The molecular weight excluding hydrogens is 266 g/mol. The third-order valence-corrected chi connectivity index (χ3v) is 4.13. The summed E-state index contributed by atoms with van der Waals surface area (Å²) in [7, 11) is 1.45. The number of nitrogens with zero attached hydrogens (tertiary/aromatic N) is 2. The average molecular weight is 293 g/mol. The summed E-state index contributed by atoms with van der Waals surface area (Å²) < 4.78 is 7.18. The van der Waals surface area contributed by atoms with Crippen LogP contribution in [-0.2, 0) is 9.53 Å². The van der Waals surface area contributed by atoms with Crippen LogP contribution in [0.3, 0.4) is 0 Å². The van der Waals surface area contributed by atoms with Gasteiger partial charge >= 0.3 is 5.97 Å². The molecule has 1 aromatic rings. The summed E-state index contributed by atoms with van der Waals surface area (Å²) in [5.74, 6) is 1.23. The maximum Gasteiger partial charge on any atom is 0.325 e. The zero-order valence-corrected chi connectivity index (χ0v) is 13.7. The fourth-order valence-corrected chi connectivity index (χ4v) is 2.94. The van der Waals surface area contributed by atoms with Gasteiger partial charge in [-0.25, -0.2) is 4.98 Å². The molecular formula is C16H27N3O2. The summed E-state index contributed by atoms with van der Waals surface area (Å²) in [6, 6.07) is 0.633. The summed E-state index contributed by atoms with van der Waals surface area (Å²) in [6.45, 7) is 8.34. The highest BCUT2D eigenvalue weighted by atomic mass is 16.5. The highest BCUT2D eigenvalue weighted by molar-refractivity contribution is 5.80. The van der Waals surface area contributed by atoms with E-state index in [0.717, 1.165) is 18.7 Å². The number of carbonyl (C=O) groups is 1. The molecule has 0 spiro atoms. The van der Waals surface area contributed by atoms with Gasteiger partial charge in [0.15, 0.2) is 0 Å². The molecule has 1 aromatic heterocycles. The Morgan fingerprint density at radius 1 is 1.52 bits per heavy atom. The number of esters is 1. The molecule has 2 rings (SSSR count). The molecule has 0 saturated heterocycles. The van der Waals surface area contributed by atoms with Crippen molar-refractivity contribution in [1.29, 1.82) is 0 Å². The normalized spacial score (nSPS) is 19.3. The predicted octanol–water partition coefficient (Wildman–Crippen LogP) is 2.64. The van der Waals surface area contributed by atoms with Gasteiger partial charge in [0.2, 0.25) is 0 Å². The molecule has 0 amide bonds. The third-order valence-electron chi connectivity index (χ3n) is 4.13. The number of nitrogens with one attached hydrogen (secondary N) is 1. The molecule has 0 radical (unpaired) electrons. The maximum atomic E-state index is 12.2. The van der Waals surface area contributed by atoms with Gasteiger partial charge in [-0.15, -0.1) is 0 Å². The minimum Gasteiger partial charge on any atom is -0.468 e. The number of carbonyl (C=O) groups excluding carboxylic acids is 1. The van der Waals surface area contributed by atoms with E-state index in [4.69, 9.17) is 4.74 Å². The van der Waals surface area contributed by atoms with Gasteiger partial charge < -0.3 is 9.30 Å². The summed E-state index contributed by atoms with van der Waals surface area (Å²) in [6.07, 6.45) is 6.79. The largest absolute Gasteiger partial charge is 0.468 e. The Balaban J connectivity index is 2.15. The van der Waals surface area contributed by atoms with Gasteiger partial charge in [-0.1, -0.05) is 13.8 Å². The van der Waals surface area contributed by atoms with E-state index in [1.165, 1.54) is 7.11 Å². The lowest BCUT2D eigenvalue weighted by molar-refractivity contribution is -0.148. The Morgan fingerprint density at radius 3 is 2.71 bits per heavy atom. The van der Waals surface area contributed by atoms with Gasteiger partial charge in [0, 0.05) is 30.4 Å². The molecule has 21 heavy (non-hydrogen) atoms. The first kappa shape index (κ1) is 16.0. The van der Waals surface area contributed by atoms with E-state index < -0.39 is 5.54 Å². The van der Waals surface area contributed by atoms with Crippen molar-refractivity contribution >= 4 is 5.97 Å². The molecule has 1 heterocycles. The van der Waals surface area contributed by atoms with Gasteiger partial charge in [-0.05, 0) is 33.1 Å². The lowest BCUT2D eigenvalue weighted by Crippen LogP contribution is -2.52. The van der Waals surface area contributed by atoms with E-state index in [9.17, 15) is 4.79 Å². The fourth-order valence-electron chi connectivity index (χ4n) is 2.94. The van der Waals surface area contributed by atoms with Crippen molar-refractivity contribution in [2.24, 2.45) is 0 Å². The average Bonchev–Trinajstić information content (AvgIpc) is 3.08. The number of ether oxygens (including phenoxy) is 1. The van der Waals surface area contributed by atoms with E-state index in [1.54, 1.807) is 0 Å². The number of hydrogen-bond donors (Lipinski definition) is 1. The highest BCUT2D eigenvalue weighted by Crippen LogP contribution is 2.29. The molecule has 2 atom stereocenters. The van der Waals surface area contributed by atoms with Gasteiger partial charge in [0.1, 0.15) is 11.4 Å². The Kier molecular flexibility index (Phi) is 4.71. The summed E-state index contributed by atoms with van der Waals surface area (Å²) in [5.41, 5.74) is -0.645. The van der Waals surface area contributed by atoms with Crippen molar-refractivity contribution in [2.75, 3.05) is 7.11 Å². The van der Waals surface area contributed by atoms with E-state index in [2.05, 4.69) is 35.6 Å². The van der Waals surface area contributed by atoms with Crippen LogP contribution in [0.15, 0.2) is 12.4 Å². The highest BCUT2D eigenvalue weighted by Gasteiger charge is 2.40. The molecule has 1 fully saturated rings. The van der Waals surface area contributed by atoms with Crippen LogP contribution in [-0.4, -0.2) is 34.2 Å². The molecule has 118 valence electrons. The molecule has 1 aliphatic rings. The molecule has 2 unspecified atom stereocenters. The first-order valence-corrected chi connectivity index (χ1v) is 7.76. The van der Waals surface area contributed by atoms with Crippen LogP contribution in [0.5, 0.6) is 0 Å². The fraction of sp³-hybridized carbons (Fsp3) is 0.750. The zero-order chi connectivity index (χ0) is 15.6. The Hall–Kier alpha value is -1.36. The van der Waals surface area contributed by atoms with Crippen LogP contribution < -0.4 is 5.32 Å². The van der Waals surface area contributed by atoms with Crippen LogP contribution >= 0.6 is 0 Å². The van der Waals surface area contributed by atoms with E-state index in [0.29, 0.717) is 18.4 Å². The van der Waals surface area contributed by atoms with Crippen molar-refractivity contribution < 1.29 is 9.53 Å². The standard InChI is InChI=1S/C16H27N3O2/c1-11(2)14-17-8-9-19(14)12(3)10-16(4,15(20)21-5)18-13-6-7-13/h8-9,11-13,18H,6-7,10H2,1-5H3. The van der Waals surface area contributed by atoms with Crippen LogP contribution in [0, 0.1) is 0 Å². The third kappa shape index (κ3) is 3.64. The van der Waals surface area contributed by atoms with Gasteiger partial charge in [-0.2, -0.15) is 0 Å². The summed E-state index contributed by atoms with van der Waals surface area (Å²) in [5, 5.41) is 3.45. The summed E-state index contributed by atoms with van der Waals surface area (Å²) in [4.78, 5) is 16.6. The number of methoxy groups -OCH3 is 1. The van der Waals surface area contributed by atoms with Crippen molar-refractivity contribution in [3.8, 4) is 0 Å². The van der Waals surface area contributed by atoms with Gasteiger partial charge in [-0.3, -0.25) is 10.1 Å². The van der Waals surface area contributed by atoms with E-state index >= 15 is 0 Å². The zero-order valence-electron chi connectivity index (χ0n) is 13.7. The molecule has 1 saturated carbocycles. The lowest BCUT2D eigenvalue weighted by Gasteiger charge is -2.32. The monoisotopic (exact) mass is 293 g/mol. The molecule has 5 nitrogen and oxygen atoms in total. The van der Waals surface area contributed by atoms with Crippen LogP contribution in [0.4, 0.5) is 0 Å². The molecule has 0 aromatic carbocycles. The second kappa shape index (κ2) is 6.18. The lowest BCUT2D eigenvalue weighted by atomic mass is 9.93. The van der Waals surface area contributed by atoms with Crippen molar-refractivity contribution in [2.45, 2.75) is 70.5 Å². The van der Waals surface area contributed by atoms with Crippen molar-refractivity contribution in [3.63, 3.8) is 0 Å². The molecule has 0 aliphatic heterocycles. The summed E-state index contributed by atoms with van der Waals surface area (Å²) >= 11 is 0. The molecule has 5 heteroatoms. The topological polar surface area (TPSA) is 56.2 Å². The Labute approximate surface area is 127 Å². The van der Waals surface area contributed by atoms with Crippen molar-refractivity contribution in [3.05, 3.63) is 18.2 Å². The van der Waals surface area contributed by atoms with Crippen molar-refractivity contribution in [1.82, 2.24) is 14.9 Å². The van der Waals surface area contributed by atoms with Crippen LogP contribution in [0.1, 0.15) is 64.7 Å². The van der Waals surface area contributed by atoms with Gasteiger partial charge in [0.05, 0.1) is 7.11 Å². The second-order valence-electron chi connectivity index (χ2n) is 6.64. The quantitative estimate of drug-likeness (QED) is 0.785. The van der Waals surface area contributed by atoms with Crippen LogP contribution in [0.2, 0.25) is 0 Å². The first-order valence-electron chi connectivity index (χ1n) is 7.76. The van der Waals surface area contributed by atoms with E-state index in [-0.39, 0.29) is 12.0 Å².